The number of carbonyl (C=O) groups is 1. The Labute approximate surface area is 119 Å². The van der Waals surface area contributed by atoms with E-state index >= 15 is 0 Å². The third-order valence-electron chi connectivity index (χ3n) is 3.39. The summed E-state index contributed by atoms with van der Waals surface area (Å²) >= 11 is 1.59. The molecule has 1 aliphatic rings. The summed E-state index contributed by atoms with van der Waals surface area (Å²) in [6, 6.07) is 8.09. The molecule has 0 bridgehead atoms. The average molecular weight is 279 g/mol. The number of hydrogen-bond donors (Lipinski definition) is 1. The van der Waals surface area contributed by atoms with E-state index in [0.717, 1.165) is 25.1 Å². The lowest BCUT2D eigenvalue weighted by molar-refractivity contribution is -0.119. The first-order valence-electron chi connectivity index (χ1n) is 6.76. The van der Waals surface area contributed by atoms with Gasteiger partial charge in [-0.15, -0.1) is 11.8 Å². The molecule has 1 aromatic rings. The van der Waals surface area contributed by atoms with Crippen LogP contribution in [0.2, 0.25) is 0 Å². The molecule has 0 saturated carbocycles. The van der Waals surface area contributed by atoms with Crippen molar-refractivity contribution >= 4 is 23.4 Å². The highest BCUT2D eigenvalue weighted by atomic mass is 32.2. The number of aryl methyl sites for hydroxylation is 1. The van der Waals surface area contributed by atoms with Crippen LogP contribution in [0.5, 0.6) is 0 Å². The molecule has 2 rings (SSSR count). The van der Waals surface area contributed by atoms with Crippen LogP contribution >= 0.6 is 11.8 Å². The van der Waals surface area contributed by atoms with Crippen LogP contribution in [0.25, 0.3) is 0 Å². The molecule has 1 saturated heterocycles. The number of aliphatic hydroxyl groups is 1. The summed E-state index contributed by atoms with van der Waals surface area (Å²) in [6.07, 6.45) is 1.94. The highest BCUT2D eigenvalue weighted by molar-refractivity contribution is 8.01. The largest absolute Gasteiger partial charge is 0.395 e. The van der Waals surface area contributed by atoms with Crippen LogP contribution in [0.1, 0.15) is 25.3 Å². The first-order chi connectivity index (χ1) is 9.11. The Balaban J connectivity index is 2.09. The molecule has 1 heterocycles. The Hall–Kier alpha value is -1.00. The number of piperidine rings is 1. The second kappa shape index (κ2) is 6.44. The van der Waals surface area contributed by atoms with E-state index in [1.165, 1.54) is 5.56 Å². The zero-order chi connectivity index (χ0) is 13.8. The van der Waals surface area contributed by atoms with E-state index in [2.05, 4.69) is 0 Å². The van der Waals surface area contributed by atoms with Crippen molar-refractivity contribution in [2.45, 2.75) is 37.2 Å². The molecule has 1 aromatic carbocycles. The number of thioether (sulfide) groups is 1. The molecule has 1 aliphatic heterocycles. The summed E-state index contributed by atoms with van der Waals surface area (Å²) in [5.41, 5.74) is 2.19. The van der Waals surface area contributed by atoms with Crippen molar-refractivity contribution in [2.24, 2.45) is 0 Å². The third kappa shape index (κ3) is 3.51. The minimum atomic E-state index is -0.0165. The normalized spacial score (nSPS) is 21.5. The summed E-state index contributed by atoms with van der Waals surface area (Å²) in [7, 11) is 0. The smallest absolute Gasteiger partial charge is 0.240 e. The Kier molecular flexibility index (Phi) is 4.88. The predicted octanol–water partition coefficient (Wildman–Crippen LogP) is 2.60. The number of aliphatic hydroxyl groups excluding tert-OH is 1. The van der Waals surface area contributed by atoms with Crippen LogP contribution in [0, 0.1) is 6.92 Å². The Bertz CT molecular complexity index is 432. The second-order valence-corrected chi connectivity index (χ2v) is 6.73. The number of benzene rings is 1. The number of anilines is 1. The highest BCUT2D eigenvalue weighted by Gasteiger charge is 2.30. The molecule has 1 amide bonds. The predicted molar refractivity (Wildman–Crippen MR) is 80.7 cm³/mol. The number of amides is 1. The zero-order valence-corrected chi connectivity index (χ0v) is 12.3. The summed E-state index contributed by atoms with van der Waals surface area (Å²) in [4.78, 5) is 14.4. The van der Waals surface area contributed by atoms with Crippen molar-refractivity contribution < 1.29 is 9.90 Å². The first-order valence-corrected chi connectivity index (χ1v) is 7.70. The van der Waals surface area contributed by atoms with Crippen molar-refractivity contribution in [1.82, 2.24) is 0 Å². The lowest BCUT2D eigenvalue weighted by Gasteiger charge is -2.33. The molecule has 0 aliphatic carbocycles. The Morgan fingerprint density at radius 1 is 1.42 bits per heavy atom. The Morgan fingerprint density at radius 3 is 2.74 bits per heavy atom. The van der Waals surface area contributed by atoms with Gasteiger partial charge >= 0.3 is 0 Å². The number of nitrogens with zero attached hydrogens (tertiary/aromatic N) is 1. The average Bonchev–Trinajstić information content (AvgIpc) is 2.42. The maximum Gasteiger partial charge on any atom is 0.240 e. The molecule has 1 N–H and O–H groups in total. The van der Waals surface area contributed by atoms with Crippen LogP contribution in [0.15, 0.2) is 24.3 Å². The van der Waals surface area contributed by atoms with E-state index in [1.807, 2.05) is 43.0 Å². The van der Waals surface area contributed by atoms with E-state index in [9.17, 15) is 4.79 Å². The van der Waals surface area contributed by atoms with Gasteiger partial charge in [0.1, 0.15) is 0 Å². The molecule has 0 aromatic heterocycles. The molecular formula is C15H21NO2S. The standard InChI is InChI=1S/C15H21NO2S/c1-11-5-7-13(8-6-11)16-9-3-4-14(15(16)18)19-12(2)10-17/h5-8,12,14,17H,3-4,9-10H2,1-2H3. The summed E-state index contributed by atoms with van der Waals surface area (Å²) in [5, 5.41) is 9.22. The van der Waals surface area contributed by atoms with Gasteiger partial charge in [0.2, 0.25) is 5.91 Å². The lowest BCUT2D eigenvalue weighted by atomic mass is 10.1. The lowest BCUT2D eigenvalue weighted by Crippen LogP contribution is -2.43. The van der Waals surface area contributed by atoms with Crippen molar-refractivity contribution in [3.05, 3.63) is 29.8 Å². The second-order valence-electron chi connectivity index (χ2n) is 5.09. The molecule has 3 nitrogen and oxygen atoms in total. The van der Waals surface area contributed by atoms with Gasteiger partial charge in [-0.3, -0.25) is 4.79 Å². The van der Waals surface area contributed by atoms with Crippen LogP contribution in [0.3, 0.4) is 0 Å². The van der Waals surface area contributed by atoms with Crippen LogP contribution < -0.4 is 4.90 Å². The number of rotatable bonds is 4. The molecule has 1 fully saturated rings. The van der Waals surface area contributed by atoms with Gasteiger partial charge in [-0.25, -0.2) is 0 Å². The SMILES string of the molecule is Cc1ccc(N2CCCC(SC(C)CO)C2=O)cc1. The highest BCUT2D eigenvalue weighted by Crippen LogP contribution is 2.30. The maximum atomic E-state index is 12.5. The van der Waals surface area contributed by atoms with E-state index in [4.69, 9.17) is 5.11 Å². The summed E-state index contributed by atoms with van der Waals surface area (Å²) in [5.74, 6) is 0.181. The van der Waals surface area contributed by atoms with Crippen LogP contribution in [0.4, 0.5) is 5.69 Å². The molecule has 4 heteroatoms. The van der Waals surface area contributed by atoms with Gasteiger partial charge in [0.15, 0.2) is 0 Å². The number of carbonyl (C=O) groups excluding carboxylic acids is 1. The van der Waals surface area contributed by atoms with Crippen molar-refractivity contribution in [2.75, 3.05) is 18.1 Å². The quantitative estimate of drug-likeness (QED) is 0.921. The molecule has 104 valence electrons. The minimum Gasteiger partial charge on any atom is -0.395 e. The van der Waals surface area contributed by atoms with E-state index in [0.29, 0.717) is 0 Å². The zero-order valence-electron chi connectivity index (χ0n) is 11.5. The molecule has 0 spiro atoms. The fraction of sp³-hybridized carbons (Fsp3) is 0.533. The fourth-order valence-corrected chi connectivity index (χ4v) is 3.47. The van der Waals surface area contributed by atoms with Gasteiger partial charge in [0.05, 0.1) is 11.9 Å². The van der Waals surface area contributed by atoms with Crippen molar-refractivity contribution in [1.29, 1.82) is 0 Å². The molecule has 19 heavy (non-hydrogen) atoms. The monoisotopic (exact) mass is 279 g/mol. The van der Waals surface area contributed by atoms with Crippen molar-refractivity contribution in [3.63, 3.8) is 0 Å². The van der Waals surface area contributed by atoms with E-state index < -0.39 is 0 Å². The Morgan fingerprint density at radius 2 is 2.11 bits per heavy atom. The van der Waals surface area contributed by atoms with Gasteiger partial charge in [-0.05, 0) is 31.9 Å². The maximum absolute atomic E-state index is 12.5. The molecule has 2 unspecified atom stereocenters. The number of hydrogen-bond acceptors (Lipinski definition) is 3. The minimum absolute atomic E-state index is 0.0165. The van der Waals surface area contributed by atoms with Gasteiger partial charge in [-0.2, -0.15) is 0 Å². The molecule has 0 radical (unpaired) electrons. The van der Waals surface area contributed by atoms with Crippen molar-refractivity contribution in [3.8, 4) is 0 Å². The third-order valence-corrected chi connectivity index (χ3v) is 4.77. The van der Waals surface area contributed by atoms with Gasteiger partial charge in [0, 0.05) is 17.5 Å². The summed E-state index contributed by atoms with van der Waals surface area (Å²) < 4.78 is 0. The first kappa shape index (κ1) is 14.4. The van der Waals surface area contributed by atoms with Gasteiger partial charge in [0.25, 0.3) is 0 Å². The summed E-state index contributed by atoms with van der Waals surface area (Å²) in [6.45, 7) is 4.93. The van der Waals surface area contributed by atoms with Crippen LogP contribution in [-0.4, -0.2) is 34.7 Å². The molecular weight excluding hydrogens is 258 g/mol. The van der Waals surface area contributed by atoms with Crippen LogP contribution in [-0.2, 0) is 4.79 Å². The topological polar surface area (TPSA) is 40.5 Å². The van der Waals surface area contributed by atoms with E-state index in [1.54, 1.807) is 11.8 Å². The van der Waals surface area contributed by atoms with Gasteiger partial charge < -0.3 is 10.0 Å². The van der Waals surface area contributed by atoms with Gasteiger partial charge in [-0.1, -0.05) is 24.6 Å². The fourth-order valence-electron chi connectivity index (χ4n) is 2.27. The molecule has 2 atom stereocenters. The van der Waals surface area contributed by atoms with E-state index in [-0.39, 0.29) is 23.0 Å².